The first-order chi connectivity index (χ1) is 7.58. The smallest absolute Gasteiger partial charge is 0.0828 e. The van der Waals surface area contributed by atoms with Gasteiger partial charge in [0.25, 0.3) is 0 Å². The van der Waals surface area contributed by atoms with Crippen molar-refractivity contribution < 1.29 is 5.11 Å². The van der Waals surface area contributed by atoms with Crippen LogP contribution in [0.15, 0.2) is 10.8 Å². The molecule has 0 aromatic carbocycles. The first kappa shape index (κ1) is 12.1. The van der Waals surface area contributed by atoms with E-state index in [4.69, 9.17) is 0 Å². The fourth-order valence-electron chi connectivity index (χ4n) is 3.19. The van der Waals surface area contributed by atoms with Crippen LogP contribution in [0.4, 0.5) is 0 Å². The molecule has 1 nitrogen and oxygen atoms in total. The number of aliphatic hydroxyl groups excluding tert-OH is 1. The minimum Gasteiger partial charge on any atom is -0.388 e. The van der Waals surface area contributed by atoms with E-state index in [2.05, 4.69) is 31.5 Å². The topological polar surface area (TPSA) is 20.2 Å². The predicted octanol–water partition coefficient (Wildman–Crippen LogP) is 4.16. The highest BCUT2D eigenvalue weighted by Crippen LogP contribution is 2.40. The predicted molar refractivity (Wildman–Crippen MR) is 69.7 cm³/mol. The van der Waals surface area contributed by atoms with Crippen LogP contribution in [0.2, 0.25) is 0 Å². The molecule has 2 heteroatoms. The molecule has 3 unspecified atom stereocenters. The Kier molecular flexibility index (Phi) is 3.70. The minimum atomic E-state index is -0.239. The van der Waals surface area contributed by atoms with Gasteiger partial charge in [-0.1, -0.05) is 13.8 Å². The van der Waals surface area contributed by atoms with Gasteiger partial charge in [-0.3, -0.25) is 0 Å². The second kappa shape index (κ2) is 4.89. The molecule has 0 spiro atoms. The largest absolute Gasteiger partial charge is 0.388 e. The molecule has 3 atom stereocenters. The second-order valence-corrected chi connectivity index (χ2v) is 6.38. The summed E-state index contributed by atoms with van der Waals surface area (Å²) in [6, 6.07) is 0. The second-order valence-electron chi connectivity index (χ2n) is 5.63. The Hall–Kier alpha value is -0.340. The molecule has 0 bridgehead atoms. The lowest BCUT2D eigenvalue weighted by Gasteiger charge is -2.34. The van der Waals surface area contributed by atoms with Crippen molar-refractivity contribution in [3.05, 3.63) is 21.9 Å². The Morgan fingerprint density at radius 2 is 1.81 bits per heavy atom. The van der Waals surface area contributed by atoms with Crippen molar-refractivity contribution >= 4 is 11.3 Å². The molecular weight excluding hydrogens is 216 g/mol. The molecular formula is C14H22OS. The summed E-state index contributed by atoms with van der Waals surface area (Å²) in [5, 5.41) is 14.7. The number of aryl methyl sites for hydroxylation is 1. The van der Waals surface area contributed by atoms with Gasteiger partial charge < -0.3 is 5.11 Å². The summed E-state index contributed by atoms with van der Waals surface area (Å²) in [4.78, 5) is 0. The highest BCUT2D eigenvalue weighted by atomic mass is 32.1. The molecule has 1 aliphatic rings. The molecule has 1 aromatic heterocycles. The third-order valence-electron chi connectivity index (χ3n) is 3.88. The lowest BCUT2D eigenvalue weighted by molar-refractivity contribution is 0.0550. The molecule has 0 radical (unpaired) electrons. The fourth-order valence-corrected chi connectivity index (χ4v) is 4.07. The van der Waals surface area contributed by atoms with Crippen molar-refractivity contribution in [1.82, 2.24) is 0 Å². The first-order valence-electron chi connectivity index (χ1n) is 6.28. The zero-order chi connectivity index (χ0) is 11.7. The number of hydrogen-bond acceptors (Lipinski definition) is 2. The number of thiophene rings is 1. The van der Waals surface area contributed by atoms with Gasteiger partial charge in [-0.05, 0) is 65.8 Å². The molecule has 2 rings (SSSR count). The van der Waals surface area contributed by atoms with Crippen LogP contribution in [0.25, 0.3) is 0 Å². The standard InChI is InChI=1S/C14H22OS/c1-9-4-10(2)6-12(5-9)14(15)13-8-16-7-11(13)3/h7-10,12,14-15H,4-6H2,1-3H3. The zero-order valence-electron chi connectivity index (χ0n) is 10.4. The SMILES string of the molecule is Cc1cscc1C(O)C1CC(C)CC(C)C1. The van der Waals surface area contributed by atoms with Crippen molar-refractivity contribution in [2.45, 2.75) is 46.1 Å². The van der Waals surface area contributed by atoms with Crippen LogP contribution in [0.3, 0.4) is 0 Å². The molecule has 90 valence electrons. The third kappa shape index (κ3) is 2.49. The van der Waals surface area contributed by atoms with Crippen LogP contribution >= 0.6 is 11.3 Å². The van der Waals surface area contributed by atoms with E-state index in [1.54, 1.807) is 11.3 Å². The Bertz CT molecular complexity index is 334. The number of hydrogen-bond donors (Lipinski definition) is 1. The molecule has 1 saturated carbocycles. The van der Waals surface area contributed by atoms with E-state index in [1.165, 1.54) is 24.8 Å². The van der Waals surface area contributed by atoms with E-state index < -0.39 is 0 Å². The van der Waals surface area contributed by atoms with Crippen LogP contribution < -0.4 is 0 Å². The Balaban J connectivity index is 2.10. The van der Waals surface area contributed by atoms with Gasteiger partial charge in [-0.25, -0.2) is 0 Å². The average Bonchev–Trinajstić information content (AvgIpc) is 2.62. The average molecular weight is 238 g/mol. The molecule has 1 fully saturated rings. The van der Waals surface area contributed by atoms with Crippen LogP contribution in [0, 0.1) is 24.7 Å². The summed E-state index contributed by atoms with van der Waals surface area (Å²) in [5.74, 6) is 2.00. The molecule has 16 heavy (non-hydrogen) atoms. The van der Waals surface area contributed by atoms with Gasteiger partial charge in [0.1, 0.15) is 0 Å². The lowest BCUT2D eigenvalue weighted by Crippen LogP contribution is -2.24. The molecule has 1 N–H and O–H groups in total. The molecule has 1 heterocycles. The Morgan fingerprint density at radius 3 is 2.31 bits per heavy atom. The summed E-state index contributed by atoms with van der Waals surface area (Å²) in [6.07, 6.45) is 3.45. The van der Waals surface area contributed by atoms with Gasteiger partial charge >= 0.3 is 0 Å². The Labute approximate surface area is 103 Å². The molecule has 0 aliphatic heterocycles. The van der Waals surface area contributed by atoms with E-state index in [-0.39, 0.29) is 6.10 Å². The van der Waals surface area contributed by atoms with E-state index >= 15 is 0 Å². The molecule has 0 saturated heterocycles. The van der Waals surface area contributed by atoms with E-state index in [9.17, 15) is 5.11 Å². The van der Waals surface area contributed by atoms with Gasteiger partial charge in [-0.15, -0.1) is 0 Å². The van der Waals surface area contributed by atoms with Crippen molar-refractivity contribution in [2.75, 3.05) is 0 Å². The molecule has 1 aromatic rings. The molecule has 0 amide bonds. The van der Waals surface area contributed by atoms with Crippen molar-refractivity contribution in [3.63, 3.8) is 0 Å². The van der Waals surface area contributed by atoms with E-state index in [0.29, 0.717) is 5.92 Å². The zero-order valence-corrected chi connectivity index (χ0v) is 11.3. The van der Waals surface area contributed by atoms with Gasteiger partial charge in [0.15, 0.2) is 0 Å². The van der Waals surface area contributed by atoms with Gasteiger partial charge in [0.05, 0.1) is 6.10 Å². The number of aliphatic hydroxyl groups is 1. The maximum absolute atomic E-state index is 10.5. The van der Waals surface area contributed by atoms with Gasteiger partial charge in [0.2, 0.25) is 0 Å². The maximum atomic E-state index is 10.5. The lowest BCUT2D eigenvalue weighted by atomic mass is 9.73. The Morgan fingerprint density at radius 1 is 1.19 bits per heavy atom. The van der Waals surface area contributed by atoms with Crippen molar-refractivity contribution in [3.8, 4) is 0 Å². The van der Waals surface area contributed by atoms with Crippen LogP contribution in [-0.2, 0) is 0 Å². The fraction of sp³-hybridized carbons (Fsp3) is 0.714. The van der Waals surface area contributed by atoms with Crippen LogP contribution in [0.5, 0.6) is 0 Å². The van der Waals surface area contributed by atoms with Crippen LogP contribution in [0.1, 0.15) is 50.3 Å². The summed E-state index contributed by atoms with van der Waals surface area (Å²) in [7, 11) is 0. The maximum Gasteiger partial charge on any atom is 0.0828 e. The highest BCUT2D eigenvalue weighted by molar-refractivity contribution is 7.08. The van der Waals surface area contributed by atoms with Crippen molar-refractivity contribution in [2.24, 2.45) is 17.8 Å². The normalized spacial score (nSPS) is 32.6. The molecule has 1 aliphatic carbocycles. The summed E-state index contributed by atoms with van der Waals surface area (Å²) >= 11 is 1.70. The summed E-state index contributed by atoms with van der Waals surface area (Å²) in [5.41, 5.74) is 2.42. The minimum absolute atomic E-state index is 0.239. The van der Waals surface area contributed by atoms with Crippen LogP contribution in [-0.4, -0.2) is 5.11 Å². The van der Waals surface area contributed by atoms with E-state index in [0.717, 1.165) is 17.4 Å². The summed E-state index contributed by atoms with van der Waals surface area (Å²) in [6.45, 7) is 6.73. The van der Waals surface area contributed by atoms with E-state index in [1.807, 2.05) is 0 Å². The van der Waals surface area contributed by atoms with Crippen molar-refractivity contribution in [1.29, 1.82) is 0 Å². The number of rotatable bonds is 2. The van der Waals surface area contributed by atoms with Gasteiger partial charge in [-0.2, -0.15) is 11.3 Å². The first-order valence-corrected chi connectivity index (χ1v) is 7.23. The third-order valence-corrected chi connectivity index (χ3v) is 4.75. The quantitative estimate of drug-likeness (QED) is 0.820. The highest BCUT2D eigenvalue weighted by Gasteiger charge is 2.30. The monoisotopic (exact) mass is 238 g/mol. The van der Waals surface area contributed by atoms with Gasteiger partial charge in [0, 0.05) is 0 Å². The summed E-state index contributed by atoms with van der Waals surface area (Å²) < 4.78 is 0.